The summed E-state index contributed by atoms with van der Waals surface area (Å²) in [5.41, 5.74) is 4.19. The Morgan fingerprint density at radius 2 is 1.76 bits per heavy atom. The van der Waals surface area contributed by atoms with Gasteiger partial charge in [0.25, 0.3) is 0 Å². The van der Waals surface area contributed by atoms with Gasteiger partial charge in [-0.3, -0.25) is 4.57 Å². The highest BCUT2D eigenvalue weighted by Crippen LogP contribution is 2.35. The van der Waals surface area contributed by atoms with Crippen molar-refractivity contribution in [1.82, 2.24) is 19.5 Å². The van der Waals surface area contributed by atoms with Gasteiger partial charge in [-0.2, -0.15) is 0 Å². The summed E-state index contributed by atoms with van der Waals surface area (Å²) in [6, 6.07) is 14.0. The normalized spacial score (nSPS) is 21.9. The molecule has 1 aliphatic heterocycles. The van der Waals surface area contributed by atoms with Crippen molar-refractivity contribution < 1.29 is 29.5 Å². The molecule has 200 valence electrons. The first-order valence-electron chi connectivity index (χ1n) is 12.3. The Morgan fingerprint density at radius 3 is 2.42 bits per heavy atom. The van der Waals surface area contributed by atoms with E-state index in [4.69, 9.17) is 14.2 Å². The maximum absolute atomic E-state index is 10.5. The van der Waals surface area contributed by atoms with Crippen LogP contribution >= 0.6 is 0 Å². The average Bonchev–Trinajstić information content (AvgIpc) is 3.50. The van der Waals surface area contributed by atoms with Crippen LogP contribution in [-0.2, 0) is 4.74 Å². The van der Waals surface area contributed by atoms with Crippen LogP contribution in [-0.4, -0.2) is 80.5 Å². The van der Waals surface area contributed by atoms with Crippen molar-refractivity contribution in [2.24, 2.45) is 0 Å². The summed E-state index contributed by atoms with van der Waals surface area (Å²) < 4.78 is 18.2. The smallest absolute Gasteiger partial charge is 0.167 e. The third-order valence-corrected chi connectivity index (χ3v) is 6.96. The molecule has 11 heteroatoms. The highest BCUT2D eigenvalue weighted by Gasteiger charge is 2.44. The van der Waals surface area contributed by atoms with Gasteiger partial charge in [0.15, 0.2) is 23.2 Å². The van der Waals surface area contributed by atoms with Gasteiger partial charge in [-0.05, 0) is 35.7 Å². The molecule has 1 saturated heterocycles. The molecular weight excluding hydrogens is 490 g/mol. The van der Waals surface area contributed by atoms with Gasteiger partial charge in [0.1, 0.15) is 36.1 Å². The third-order valence-electron chi connectivity index (χ3n) is 6.96. The largest absolute Gasteiger partial charge is 0.497 e. The van der Waals surface area contributed by atoms with E-state index in [1.54, 1.807) is 14.2 Å². The number of aryl methyl sites for hydroxylation is 1. The van der Waals surface area contributed by atoms with Gasteiger partial charge in [0.2, 0.25) is 0 Å². The quantitative estimate of drug-likeness (QED) is 0.258. The lowest BCUT2D eigenvalue weighted by Gasteiger charge is -2.22. The number of methoxy groups -OCH3 is 2. The maximum atomic E-state index is 10.5. The molecule has 38 heavy (non-hydrogen) atoms. The van der Waals surface area contributed by atoms with Crippen molar-refractivity contribution in [2.45, 2.75) is 37.4 Å². The summed E-state index contributed by atoms with van der Waals surface area (Å²) in [4.78, 5) is 13.2. The second-order valence-corrected chi connectivity index (χ2v) is 9.21. The Morgan fingerprint density at radius 1 is 1.03 bits per heavy atom. The fourth-order valence-electron chi connectivity index (χ4n) is 4.89. The second-order valence-electron chi connectivity index (χ2n) is 9.21. The zero-order valence-corrected chi connectivity index (χ0v) is 21.4. The number of aliphatic hydroxyl groups is 3. The number of aliphatic hydroxyl groups excluding tert-OH is 3. The van der Waals surface area contributed by atoms with E-state index in [0.717, 1.165) is 16.7 Å². The van der Waals surface area contributed by atoms with Crippen LogP contribution in [0.5, 0.6) is 11.5 Å². The standard InChI is InChI=1S/C27H31N5O6/c1-15-6-4-5-7-19(15)20(16-8-17(36-2)10-18(9-16)37-3)11-28-25-22-26(30-13-29-25)32(14-31-22)27-24(35)23(34)21(12-33)38-27/h4-10,13-14,20-21,23-24,27,33-35H,11-12H2,1-3H3,(H,28,29,30)/t20?,21-,23+,24?,27-/m1/s1. The average molecular weight is 522 g/mol. The van der Waals surface area contributed by atoms with Crippen molar-refractivity contribution in [3.05, 3.63) is 71.8 Å². The molecule has 0 saturated carbocycles. The number of hydrogen-bond acceptors (Lipinski definition) is 10. The van der Waals surface area contributed by atoms with Gasteiger partial charge in [-0.1, -0.05) is 24.3 Å². The Bertz CT molecular complexity index is 1390. The van der Waals surface area contributed by atoms with Gasteiger partial charge in [-0.15, -0.1) is 0 Å². The van der Waals surface area contributed by atoms with Crippen LogP contribution in [0.2, 0.25) is 0 Å². The first-order chi connectivity index (χ1) is 18.4. The van der Waals surface area contributed by atoms with E-state index in [1.165, 1.54) is 17.2 Å². The molecule has 2 aromatic heterocycles. The Hall–Kier alpha value is -3.77. The van der Waals surface area contributed by atoms with E-state index in [-0.39, 0.29) is 5.92 Å². The van der Waals surface area contributed by atoms with Gasteiger partial charge in [0, 0.05) is 18.5 Å². The molecule has 0 aliphatic carbocycles. The molecule has 0 amide bonds. The summed E-state index contributed by atoms with van der Waals surface area (Å²) in [5, 5.41) is 33.5. The van der Waals surface area contributed by atoms with Gasteiger partial charge < -0.3 is 34.8 Å². The summed E-state index contributed by atoms with van der Waals surface area (Å²) in [5.74, 6) is 1.82. The number of anilines is 1. The fourth-order valence-corrected chi connectivity index (χ4v) is 4.89. The SMILES string of the molecule is COc1cc(OC)cc(C(CNc2ncnc3c2ncn3[C@@H]2O[C@H](CO)[C@H](O)C2O)c2ccccc2C)c1. The molecular formula is C27H31N5O6. The molecule has 2 unspecified atom stereocenters. The first-order valence-corrected chi connectivity index (χ1v) is 12.3. The lowest BCUT2D eigenvalue weighted by atomic mass is 9.88. The number of imidazole rings is 1. The topological polar surface area (TPSA) is 144 Å². The van der Waals surface area contributed by atoms with E-state index in [0.29, 0.717) is 35.0 Å². The molecule has 5 rings (SSSR count). The van der Waals surface area contributed by atoms with Crippen LogP contribution in [0, 0.1) is 6.92 Å². The lowest BCUT2D eigenvalue weighted by Crippen LogP contribution is -2.33. The number of nitrogens with zero attached hydrogens (tertiary/aromatic N) is 4. The zero-order chi connectivity index (χ0) is 26.8. The number of ether oxygens (including phenoxy) is 3. The number of hydrogen-bond donors (Lipinski definition) is 4. The third kappa shape index (κ3) is 4.76. The van der Waals surface area contributed by atoms with Crippen molar-refractivity contribution >= 4 is 17.0 Å². The summed E-state index contributed by atoms with van der Waals surface area (Å²) in [6.07, 6.45) is -1.43. The van der Waals surface area contributed by atoms with Gasteiger partial charge in [0.05, 0.1) is 27.2 Å². The minimum atomic E-state index is -1.25. The number of aromatic nitrogens is 4. The van der Waals surface area contributed by atoms with Crippen molar-refractivity contribution in [1.29, 1.82) is 0 Å². The van der Waals surface area contributed by atoms with Gasteiger partial charge in [-0.25, -0.2) is 15.0 Å². The first kappa shape index (κ1) is 25.9. The lowest BCUT2D eigenvalue weighted by molar-refractivity contribution is -0.0511. The molecule has 4 aromatic rings. The molecule has 0 bridgehead atoms. The molecule has 3 heterocycles. The monoisotopic (exact) mass is 521 g/mol. The fraction of sp³-hybridized carbons (Fsp3) is 0.370. The van der Waals surface area contributed by atoms with Crippen molar-refractivity contribution in [3.8, 4) is 11.5 Å². The second kappa shape index (κ2) is 10.9. The van der Waals surface area contributed by atoms with Crippen LogP contribution in [0.3, 0.4) is 0 Å². The van der Waals surface area contributed by atoms with E-state index in [9.17, 15) is 15.3 Å². The number of nitrogens with one attached hydrogen (secondary N) is 1. The van der Waals surface area contributed by atoms with Crippen molar-refractivity contribution in [3.63, 3.8) is 0 Å². The highest BCUT2D eigenvalue weighted by molar-refractivity contribution is 5.82. The molecule has 1 aliphatic rings. The highest BCUT2D eigenvalue weighted by atomic mass is 16.6. The van der Waals surface area contributed by atoms with E-state index in [1.807, 2.05) is 30.3 Å². The molecule has 11 nitrogen and oxygen atoms in total. The van der Waals surface area contributed by atoms with Crippen LogP contribution in [0.4, 0.5) is 5.82 Å². The number of fused-ring (bicyclic) bond motifs is 1. The predicted molar refractivity (Wildman–Crippen MR) is 139 cm³/mol. The van der Waals surface area contributed by atoms with Crippen LogP contribution in [0.25, 0.3) is 11.2 Å². The van der Waals surface area contributed by atoms with Gasteiger partial charge >= 0.3 is 0 Å². The summed E-state index contributed by atoms with van der Waals surface area (Å²) in [6.45, 7) is 2.14. The van der Waals surface area contributed by atoms with E-state index in [2.05, 4.69) is 39.3 Å². The molecule has 0 spiro atoms. The molecule has 0 radical (unpaired) electrons. The van der Waals surface area contributed by atoms with Crippen LogP contribution in [0.1, 0.15) is 28.8 Å². The minimum Gasteiger partial charge on any atom is -0.497 e. The van der Waals surface area contributed by atoms with Crippen LogP contribution < -0.4 is 14.8 Å². The van der Waals surface area contributed by atoms with E-state index < -0.39 is 31.1 Å². The predicted octanol–water partition coefficient (Wildman–Crippen LogP) is 2.01. The minimum absolute atomic E-state index is 0.0762. The van der Waals surface area contributed by atoms with Crippen LogP contribution in [0.15, 0.2) is 55.1 Å². The molecule has 5 atom stereocenters. The summed E-state index contributed by atoms with van der Waals surface area (Å²) >= 11 is 0. The molecule has 2 aromatic carbocycles. The van der Waals surface area contributed by atoms with E-state index >= 15 is 0 Å². The molecule has 1 fully saturated rings. The summed E-state index contributed by atoms with van der Waals surface area (Å²) in [7, 11) is 3.25. The Kier molecular flexibility index (Phi) is 7.43. The number of benzene rings is 2. The zero-order valence-electron chi connectivity index (χ0n) is 21.4. The Balaban J connectivity index is 1.48. The maximum Gasteiger partial charge on any atom is 0.167 e. The van der Waals surface area contributed by atoms with Crippen molar-refractivity contribution in [2.75, 3.05) is 32.7 Å². The molecule has 4 N–H and O–H groups in total. The Labute approximate surface area is 219 Å². The number of rotatable bonds is 9.